The molecule has 31 heavy (non-hydrogen) atoms. The summed E-state index contributed by atoms with van der Waals surface area (Å²) in [6.45, 7) is 15.2. The van der Waals surface area contributed by atoms with Crippen LogP contribution in [0, 0.1) is 23.2 Å². The Labute approximate surface area is 189 Å². The maximum absolute atomic E-state index is 10.2. The fourth-order valence-corrected chi connectivity index (χ4v) is 7.17. The third kappa shape index (κ3) is 4.73. The molecule has 1 heterocycles. The van der Waals surface area contributed by atoms with Crippen LogP contribution in [0.1, 0.15) is 65.7 Å². The van der Waals surface area contributed by atoms with Gasteiger partial charge < -0.3 is 14.9 Å². The van der Waals surface area contributed by atoms with E-state index in [4.69, 9.17) is 4.74 Å². The number of aliphatic hydroxyl groups excluding tert-OH is 2. The second-order valence-corrected chi connectivity index (χ2v) is 11.1. The van der Waals surface area contributed by atoms with Gasteiger partial charge in [-0.1, -0.05) is 43.7 Å². The van der Waals surface area contributed by atoms with Crippen LogP contribution in [-0.4, -0.2) is 59.7 Å². The van der Waals surface area contributed by atoms with Crippen LogP contribution in [0.3, 0.4) is 0 Å². The lowest BCUT2D eigenvalue weighted by Gasteiger charge is -2.46. The molecule has 0 aromatic carbocycles. The zero-order chi connectivity index (χ0) is 22.2. The standard InChI is InChI=1S/C27H43NO3/c1-18(16-28-12-13-31-17-19(28)2)23-9-10-24-22(6-5-11-27(23,24)4)8-7-21-14-25(29)20(3)26(30)15-21/h7-8,18-19,23-26,29-30H,3,5-6,9-17H2,1-2,4H3/b22-8+/t18-,19+,23-,24+,25-,26-,27-/m1/s1. The van der Waals surface area contributed by atoms with Crippen LogP contribution in [0.15, 0.2) is 35.5 Å². The second kappa shape index (κ2) is 9.51. The van der Waals surface area contributed by atoms with E-state index < -0.39 is 12.2 Å². The number of morpholine rings is 1. The van der Waals surface area contributed by atoms with Crippen molar-refractivity contribution in [2.45, 2.75) is 84.0 Å². The van der Waals surface area contributed by atoms with Crippen molar-refractivity contribution in [2.24, 2.45) is 23.2 Å². The molecule has 1 aliphatic heterocycles. The molecular weight excluding hydrogens is 386 g/mol. The van der Waals surface area contributed by atoms with Gasteiger partial charge in [0.25, 0.3) is 0 Å². The Hall–Kier alpha value is -0.940. The Morgan fingerprint density at radius 3 is 2.68 bits per heavy atom. The van der Waals surface area contributed by atoms with Crippen molar-refractivity contribution in [2.75, 3.05) is 26.3 Å². The summed E-state index contributed by atoms with van der Waals surface area (Å²) in [6, 6.07) is 0.534. The van der Waals surface area contributed by atoms with Gasteiger partial charge in [0.05, 0.1) is 25.4 Å². The summed E-state index contributed by atoms with van der Waals surface area (Å²) >= 11 is 0. The molecule has 7 atom stereocenters. The molecule has 0 unspecified atom stereocenters. The highest BCUT2D eigenvalue weighted by Gasteiger charge is 2.50. The summed E-state index contributed by atoms with van der Waals surface area (Å²) in [4.78, 5) is 2.64. The van der Waals surface area contributed by atoms with E-state index in [0.29, 0.717) is 41.7 Å². The van der Waals surface area contributed by atoms with Gasteiger partial charge in [0, 0.05) is 19.1 Å². The van der Waals surface area contributed by atoms with Gasteiger partial charge in [-0.3, -0.25) is 4.90 Å². The van der Waals surface area contributed by atoms with Crippen LogP contribution in [-0.2, 0) is 4.74 Å². The summed E-state index contributed by atoms with van der Waals surface area (Å²) in [5, 5.41) is 20.3. The van der Waals surface area contributed by atoms with Gasteiger partial charge in [-0.05, 0) is 80.6 Å². The van der Waals surface area contributed by atoms with E-state index in [-0.39, 0.29) is 0 Å². The van der Waals surface area contributed by atoms with E-state index in [9.17, 15) is 10.2 Å². The number of fused-ring (bicyclic) bond motifs is 1. The fourth-order valence-electron chi connectivity index (χ4n) is 7.17. The minimum Gasteiger partial charge on any atom is -0.388 e. The van der Waals surface area contributed by atoms with Crippen molar-refractivity contribution in [3.05, 3.63) is 35.5 Å². The Morgan fingerprint density at radius 2 is 1.97 bits per heavy atom. The van der Waals surface area contributed by atoms with Crippen LogP contribution >= 0.6 is 0 Å². The monoisotopic (exact) mass is 429 g/mol. The van der Waals surface area contributed by atoms with Crippen molar-refractivity contribution in [3.8, 4) is 0 Å². The lowest BCUT2D eigenvalue weighted by Crippen LogP contribution is -2.47. The minimum atomic E-state index is -0.607. The van der Waals surface area contributed by atoms with Gasteiger partial charge >= 0.3 is 0 Å². The lowest BCUT2D eigenvalue weighted by molar-refractivity contribution is -0.0176. The largest absolute Gasteiger partial charge is 0.388 e. The van der Waals surface area contributed by atoms with E-state index >= 15 is 0 Å². The summed E-state index contributed by atoms with van der Waals surface area (Å²) < 4.78 is 5.64. The molecule has 4 fully saturated rings. The maximum atomic E-state index is 10.2. The number of ether oxygens (including phenoxy) is 1. The third-order valence-corrected chi connectivity index (χ3v) is 9.05. The topological polar surface area (TPSA) is 52.9 Å². The molecule has 0 radical (unpaired) electrons. The molecule has 0 bridgehead atoms. The summed E-state index contributed by atoms with van der Waals surface area (Å²) in [5.74, 6) is 2.18. The molecule has 3 saturated carbocycles. The Kier molecular flexibility index (Phi) is 7.12. The number of nitrogens with zero attached hydrogens (tertiary/aromatic N) is 1. The average Bonchev–Trinajstić information content (AvgIpc) is 3.09. The summed E-state index contributed by atoms with van der Waals surface area (Å²) in [6.07, 6.45) is 11.0. The third-order valence-electron chi connectivity index (χ3n) is 9.05. The Balaban J connectivity index is 1.45. The quantitative estimate of drug-likeness (QED) is 0.647. The Bertz CT molecular complexity index is 712. The van der Waals surface area contributed by atoms with E-state index in [1.807, 2.05) is 0 Å². The van der Waals surface area contributed by atoms with Gasteiger partial charge in [0.1, 0.15) is 0 Å². The SMILES string of the molecule is C=C1[C@H](O)CC(=C/C=C2\CCC[C@]3(C)[C@@H]([C@H](C)CN4CCOC[C@@H]4C)CC[C@@H]23)C[C@H]1O. The first-order chi connectivity index (χ1) is 14.8. The van der Waals surface area contributed by atoms with E-state index in [1.165, 1.54) is 38.6 Å². The van der Waals surface area contributed by atoms with Crippen molar-refractivity contribution in [1.82, 2.24) is 4.90 Å². The van der Waals surface area contributed by atoms with E-state index in [1.54, 1.807) is 5.57 Å². The van der Waals surface area contributed by atoms with E-state index in [2.05, 4.69) is 44.4 Å². The van der Waals surface area contributed by atoms with Crippen molar-refractivity contribution in [3.63, 3.8) is 0 Å². The van der Waals surface area contributed by atoms with Gasteiger partial charge in [-0.15, -0.1) is 0 Å². The van der Waals surface area contributed by atoms with Gasteiger partial charge in [0.15, 0.2) is 0 Å². The molecule has 2 N–H and O–H groups in total. The fraction of sp³-hybridized carbons (Fsp3) is 0.778. The molecule has 0 aromatic rings. The molecule has 4 heteroatoms. The van der Waals surface area contributed by atoms with Crippen molar-refractivity contribution >= 4 is 0 Å². The first-order valence-corrected chi connectivity index (χ1v) is 12.5. The second-order valence-electron chi connectivity index (χ2n) is 11.1. The molecule has 3 aliphatic carbocycles. The van der Waals surface area contributed by atoms with Gasteiger partial charge in [-0.25, -0.2) is 0 Å². The highest BCUT2D eigenvalue weighted by atomic mass is 16.5. The highest BCUT2D eigenvalue weighted by molar-refractivity contribution is 5.29. The predicted molar refractivity (Wildman–Crippen MR) is 126 cm³/mol. The maximum Gasteiger partial charge on any atom is 0.0809 e. The van der Waals surface area contributed by atoms with Crippen LogP contribution < -0.4 is 0 Å². The first-order valence-electron chi connectivity index (χ1n) is 12.5. The molecule has 174 valence electrons. The number of aliphatic hydroxyl groups is 2. The molecule has 0 spiro atoms. The molecule has 1 saturated heterocycles. The van der Waals surface area contributed by atoms with Crippen LogP contribution in [0.25, 0.3) is 0 Å². The zero-order valence-corrected chi connectivity index (χ0v) is 19.9. The number of allylic oxidation sites excluding steroid dienone is 3. The highest BCUT2D eigenvalue weighted by Crippen LogP contribution is 2.59. The van der Waals surface area contributed by atoms with Crippen molar-refractivity contribution < 1.29 is 14.9 Å². The summed E-state index contributed by atoms with van der Waals surface area (Å²) in [7, 11) is 0. The minimum absolute atomic E-state index is 0.400. The number of hydrogen-bond donors (Lipinski definition) is 2. The van der Waals surface area contributed by atoms with Crippen LogP contribution in [0.2, 0.25) is 0 Å². The Morgan fingerprint density at radius 1 is 1.23 bits per heavy atom. The molecule has 4 rings (SSSR count). The average molecular weight is 430 g/mol. The number of hydrogen-bond acceptors (Lipinski definition) is 4. The first kappa shape index (κ1) is 23.2. The molecular formula is C27H43NO3. The number of rotatable bonds is 4. The van der Waals surface area contributed by atoms with E-state index in [0.717, 1.165) is 31.2 Å². The lowest BCUT2D eigenvalue weighted by atomic mass is 9.61. The van der Waals surface area contributed by atoms with Crippen LogP contribution in [0.5, 0.6) is 0 Å². The molecule has 0 aromatic heterocycles. The van der Waals surface area contributed by atoms with Gasteiger partial charge in [0.2, 0.25) is 0 Å². The smallest absolute Gasteiger partial charge is 0.0809 e. The molecule has 0 amide bonds. The zero-order valence-electron chi connectivity index (χ0n) is 19.9. The molecule has 4 aliphatic rings. The summed E-state index contributed by atoms with van der Waals surface area (Å²) in [5.41, 5.74) is 3.72. The normalized spacial score (nSPS) is 42.0. The van der Waals surface area contributed by atoms with Crippen LogP contribution in [0.4, 0.5) is 0 Å². The predicted octanol–water partition coefficient (Wildman–Crippen LogP) is 4.48. The van der Waals surface area contributed by atoms with Crippen molar-refractivity contribution in [1.29, 1.82) is 0 Å². The molecule has 4 nitrogen and oxygen atoms in total. The van der Waals surface area contributed by atoms with Gasteiger partial charge in [-0.2, -0.15) is 0 Å².